The average molecular weight is 482 g/mol. The minimum Gasteiger partial charge on any atom is -0.478 e. The maximum atomic E-state index is 13.6. The third kappa shape index (κ3) is 5.77. The number of carbonyl (C=O) groups excluding carboxylic acids is 1. The summed E-state index contributed by atoms with van der Waals surface area (Å²) < 4.78 is 5.83. The molecule has 0 aliphatic heterocycles. The molecular formula is C29H23NO6. The van der Waals surface area contributed by atoms with E-state index in [-0.39, 0.29) is 18.7 Å². The number of nitrogens with zero attached hydrogens (tertiary/aromatic N) is 1. The number of ether oxygens (including phenoxy) is 1. The predicted molar refractivity (Wildman–Crippen MR) is 133 cm³/mol. The summed E-state index contributed by atoms with van der Waals surface area (Å²) in [5.41, 5.74) is 0.504. The maximum Gasteiger partial charge on any atom is 0.337 e. The SMILES string of the molecule is O=C(O)c1cccc(C(=O)N(Cc2ccccc2)Cc2ccc(Oc3ccccc3)cc2)c1C(=O)O. The van der Waals surface area contributed by atoms with Gasteiger partial charge in [-0.15, -0.1) is 0 Å². The number of hydrogen-bond donors (Lipinski definition) is 2. The lowest BCUT2D eigenvalue weighted by molar-refractivity contribution is 0.0640. The molecule has 36 heavy (non-hydrogen) atoms. The zero-order valence-electron chi connectivity index (χ0n) is 19.2. The van der Waals surface area contributed by atoms with E-state index in [1.807, 2.05) is 72.8 Å². The normalized spacial score (nSPS) is 10.4. The molecule has 0 heterocycles. The van der Waals surface area contributed by atoms with Gasteiger partial charge in [0.25, 0.3) is 5.91 Å². The van der Waals surface area contributed by atoms with Crippen LogP contribution in [-0.4, -0.2) is 33.0 Å². The van der Waals surface area contributed by atoms with Crippen LogP contribution in [0.1, 0.15) is 42.2 Å². The lowest BCUT2D eigenvalue weighted by Crippen LogP contribution is -2.32. The first-order chi connectivity index (χ1) is 17.4. The Morgan fingerprint density at radius 1 is 0.583 bits per heavy atom. The molecule has 4 aromatic rings. The Morgan fingerprint density at radius 2 is 1.11 bits per heavy atom. The molecule has 7 heteroatoms. The van der Waals surface area contributed by atoms with Crippen LogP contribution in [0.4, 0.5) is 0 Å². The van der Waals surface area contributed by atoms with Gasteiger partial charge in [0.2, 0.25) is 0 Å². The van der Waals surface area contributed by atoms with Crippen LogP contribution in [0.5, 0.6) is 11.5 Å². The van der Waals surface area contributed by atoms with Crippen molar-refractivity contribution in [2.24, 2.45) is 0 Å². The van der Waals surface area contributed by atoms with Crippen molar-refractivity contribution in [3.63, 3.8) is 0 Å². The Kier molecular flexibility index (Phi) is 7.41. The van der Waals surface area contributed by atoms with Crippen LogP contribution >= 0.6 is 0 Å². The Balaban J connectivity index is 1.64. The van der Waals surface area contributed by atoms with E-state index in [1.165, 1.54) is 23.1 Å². The first kappa shape index (κ1) is 24.2. The fourth-order valence-corrected chi connectivity index (χ4v) is 3.82. The maximum absolute atomic E-state index is 13.6. The summed E-state index contributed by atoms with van der Waals surface area (Å²) >= 11 is 0. The van der Waals surface area contributed by atoms with Crippen LogP contribution in [0.3, 0.4) is 0 Å². The molecule has 0 atom stereocenters. The molecule has 0 bridgehead atoms. The van der Waals surface area contributed by atoms with Gasteiger partial charge in [-0.05, 0) is 47.5 Å². The molecular weight excluding hydrogens is 458 g/mol. The van der Waals surface area contributed by atoms with Crippen LogP contribution in [0.15, 0.2) is 103 Å². The largest absolute Gasteiger partial charge is 0.478 e. The highest BCUT2D eigenvalue weighted by Crippen LogP contribution is 2.24. The highest BCUT2D eigenvalue weighted by Gasteiger charge is 2.27. The fourth-order valence-electron chi connectivity index (χ4n) is 3.82. The molecule has 0 unspecified atom stereocenters. The number of aromatic carboxylic acids is 2. The van der Waals surface area contributed by atoms with Crippen molar-refractivity contribution in [2.75, 3.05) is 0 Å². The quantitative estimate of drug-likeness (QED) is 0.317. The van der Waals surface area contributed by atoms with Gasteiger partial charge in [0, 0.05) is 13.1 Å². The molecule has 1 amide bonds. The second-order valence-electron chi connectivity index (χ2n) is 8.04. The minimum atomic E-state index is -1.47. The fraction of sp³-hybridized carbons (Fsp3) is 0.0690. The summed E-state index contributed by atoms with van der Waals surface area (Å²) in [6.07, 6.45) is 0. The van der Waals surface area contributed by atoms with Crippen molar-refractivity contribution in [1.82, 2.24) is 4.90 Å². The lowest BCUT2D eigenvalue weighted by Gasteiger charge is -2.24. The van der Waals surface area contributed by atoms with Gasteiger partial charge < -0.3 is 19.8 Å². The molecule has 0 fully saturated rings. The van der Waals surface area contributed by atoms with E-state index < -0.39 is 29.0 Å². The van der Waals surface area contributed by atoms with Gasteiger partial charge in [-0.1, -0.05) is 66.7 Å². The van der Waals surface area contributed by atoms with E-state index in [2.05, 4.69) is 0 Å². The molecule has 0 aliphatic rings. The molecule has 0 aromatic heterocycles. The van der Waals surface area contributed by atoms with Gasteiger partial charge in [0.05, 0.1) is 16.7 Å². The summed E-state index contributed by atoms with van der Waals surface area (Å²) in [5, 5.41) is 19.2. The van der Waals surface area contributed by atoms with Crippen molar-refractivity contribution in [1.29, 1.82) is 0 Å². The van der Waals surface area contributed by atoms with E-state index in [0.29, 0.717) is 11.5 Å². The lowest BCUT2D eigenvalue weighted by atomic mass is 9.99. The number of para-hydroxylation sites is 1. The second-order valence-corrected chi connectivity index (χ2v) is 8.04. The van der Waals surface area contributed by atoms with Crippen molar-refractivity contribution in [3.05, 3.63) is 131 Å². The Hall–Kier alpha value is -4.91. The van der Waals surface area contributed by atoms with Gasteiger partial charge in [0.1, 0.15) is 11.5 Å². The van der Waals surface area contributed by atoms with Gasteiger partial charge in [-0.25, -0.2) is 9.59 Å². The van der Waals surface area contributed by atoms with Crippen LogP contribution in [0, 0.1) is 0 Å². The highest BCUT2D eigenvalue weighted by atomic mass is 16.5. The van der Waals surface area contributed by atoms with Crippen LogP contribution < -0.4 is 4.74 Å². The van der Waals surface area contributed by atoms with Crippen molar-refractivity contribution < 1.29 is 29.3 Å². The summed E-state index contributed by atoms with van der Waals surface area (Å²) in [7, 11) is 0. The van der Waals surface area contributed by atoms with E-state index in [9.17, 15) is 24.6 Å². The highest BCUT2D eigenvalue weighted by molar-refractivity contribution is 6.10. The van der Waals surface area contributed by atoms with Crippen LogP contribution in [-0.2, 0) is 13.1 Å². The standard InChI is InChI=1S/C29H23NO6/c31-27(24-12-7-13-25(28(32)33)26(24)29(34)35)30(18-20-8-3-1-4-9-20)19-21-14-16-23(17-15-21)36-22-10-5-2-6-11-22/h1-17H,18-19H2,(H,32,33)(H,34,35). The number of carbonyl (C=O) groups is 3. The third-order valence-corrected chi connectivity index (χ3v) is 5.52. The molecule has 2 N–H and O–H groups in total. The summed E-state index contributed by atoms with van der Waals surface area (Å²) in [6.45, 7) is 0.383. The molecule has 7 nitrogen and oxygen atoms in total. The van der Waals surface area contributed by atoms with E-state index in [4.69, 9.17) is 4.74 Å². The Morgan fingerprint density at radius 3 is 1.69 bits per heavy atom. The number of carboxylic acids is 2. The van der Waals surface area contributed by atoms with Gasteiger partial charge >= 0.3 is 11.9 Å². The van der Waals surface area contributed by atoms with Crippen LogP contribution in [0.2, 0.25) is 0 Å². The topological polar surface area (TPSA) is 104 Å². The molecule has 4 aromatic carbocycles. The zero-order valence-corrected chi connectivity index (χ0v) is 19.2. The summed E-state index contributed by atoms with van der Waals surface area (Å²) in [4.78, 5) is 38.6. The molecule has 0 saturated carbocycles. The first-order valence-corrected chi connectivity index (χ1v) is 11.2. The van der Waals surface area contributed by atoms with Gasteiger partial charge in [-0.2, -0.15) is 0 Å². The van der Waals surface area contributed by atoms with Gasteiger partial charge in [-0.3, -0.25) is 4.79 Å². The van der Waals surface area contributed by atoms with Crippen molar-refractivity contribution >= 4 is 17.8 Å². The average Bonchev–Trinajstić information content (AvgIpc) is 2.89. The summed E-state index contributed by atoms with van der Waals surface area (Å²) in [5.74, 6) is -2.13. The monoisotopic (exact) mass is 481 g/mol. The van der Waals surface area contributed by atoms with E-state index in [0.717, 1.165) is 11.1 Å². The Labute approximate surface area is 207 Å². The summed E-state index contributed by atoms with van der Waals surface area (Å²) in [6, 6.07) is 29.8. The minimum absolute atomic E-state index is 0.176. The second kappa shape index (κ2) is 11.0. The zero-order chi connectivity index (χ0) is 25.5. The van der Waals surface area contributed by atoms with Crippen LogP contribution in [0.25, 0.3) is 0 Å². The van der Waals surface area contributed by atoms with Gasteiger partial charge in [0.15, 0.2) is 0 Å². The number of benzene rings is 4. The molecule has 0 saturated heterocycles. The Bertz CT molecular complexity index is 1370. The number of rotatable bonds is 9. The number of carboxylic acid groups (broad SMARTS) is 2. The molecule has 0 spiro atoms. The molecule has 0 aliphatic carbocycles. The smallest absolute Gasteiger partial charge is 0.337 e. The predicted octanol–water partition coefficient (Wildman–Crippen LogP) is 5.72. The van der Waals surface area contributed by atoms with Crippen molar-refractivity contribution in [2.45, 2.75) is 13.1 Å². The number of hydrogen-bond acceptors (Lipinski definition) is 4. The molecule has 180 valence electrons. The van der Waals surface area contributed by atoms with E-state index in [1.54, 1.807) is 12.1 Å². The van der Waals surface area contributed by atoms with E-state index >= 15 is 0 Å². The first-order valence-electron chi connectivity index (χ1n) is 11.2. The molecule has 0 radical (unpaired) electrons. The third-order valence-electron chi connectivity index (χ3n) is 5.52. The molecule has 4 rings (SSSR count). The van der Waals surface area contributed by atoms with Crippen molar-refractivity contribution in [3.8, 4) is 11.5 Å². The number of amides is 1.